The van der Waals surface area contributed by atoms with E-state index >= 15 is 0 Å². The van der Waals surface area contributed by atoms with E-state index in [1.807, 2.05) is 0 Å². The normalized spacial score (nSPS) is 11.7. The number of aromatic hydroxyl groups is 1. The molecular formula is C10H6F3NO2. The Kier molecular flexibility index (Phi) is 2.34. The van der Waals surface area contributed by atoms with Crippen molar-refractivity contribution in [2.75, 3.05) is 0 Å². The number of hydrogen-bond acceptors (Lipinski definition) is 3. The van der Waals surface area contributed by atoms with Gasteiger partial charge < -0.3 is 9.63 Å². The lowest BCUT2D eigenvalue weighted by molar-refractivity contribution is -0.155. The monoisotopic (exact) mass is 229 g/mol. The average molecular weight is 229 g/mol. The fourth-order valence-electron chi connectivity index (χ4n) is 1.23. The van der Waals surface area contributed by atoms with Gasteiger partial charge in [-0.25, -0.2) is 0 Å². The third-order valence-electron chi connectivity index (χ3n) is 1.97. The molecule has 1 aromatic heterocycles. The van der Waals surface area contributed by atoms with E-state index in [0.29, 0.717) is 0 Å². The summed E-state index contributed by atoms with van der Waals surface area (Å²) in [7, 11) is 0. The van der Waals surface area contributed by atoms with Gasteiger partial charge in [0.2, 0.25) is 5.76 Å². The van der Waals surface area contributed by atoms with E-state index in [2.05, 4.69) is 9.68 Å². The van der Waals surface area contributed by atoms with Crippen LogP contribution in [0.2, 0.25) is 0 Å². The zero-order valence-electron chi connectivity index (χ0n) is 7.82. The van der Waals surface area contributed by atoms with Crippen molar-refractivity contribution < 1.29 is 22.8 Å². The average Bonchev–Trinajstić information content (AvgIpc) is 2.66. The summed E-state index contributed by atoms with van der Waals surface area (Å²) >= 11 is 0. The summed E-state index contributed by atoms with van der Waals surface area (Å²) in [6.45, 7) is 0. The Bertz CT molecular complexity index is 505. The standard InChI is InChI=1S/C10H6F3NO2/c11-10(12,13)9-5-7(14-16-9)6-3-1-2-4-8(6)15/h1-5,15H. The molecule has 0 aliphatic carbocycles. The van der Waals surface area contributed by atoms with Gasteiger partial charge in [-0.05, 0) is 12.1 Å². The fourth-order valence-corrected chi connectivity index (χ4v) is 1.23. The van der Waals surface area contributed by atoms with Gasteiger partial charge in [0, 0.05) is 11.6 Å². The van der Waals surface area contributed by atoms with Crippen molar-refractivity contribution in [1.82, 2.24) is 5.16 Å². The Labute approximate surface area is 88.1 Å². The smallest absolute Gasteiger partial charge is 0.452 e. The zero-order chi connectivity index (χ0) is 11.8. The van der Waals surface area contributed by atoms with Gasteiger partial charge in [0.05, 0.1) is 0 Å². The highest BCUT2D eigenvalue weighted by Crippen LogP contribution is 2.34. The van der Waals surface area contributed by atoms with E-state index in [1.165, 1.54) is 12.1 Å². The summed E-state index contributed by atoms with van der Waals surface area (Å²) in [6.07, 6.45) is -4.57. The third-order valence-corrected chi connectivity index (χ3v) is 1.97. The van der Waals surface area contributed by atoms with Crippen molar-refractivity contribution >= 4 is 0 Å². The number of rotatable bonds is 1. The molecular weight excluding hydrogens is 223 g/mol. The summed E-state index contributed by atoms with van der Waals surface area (Å²) in [6, 6.07) is 6.69. The Balaban J connectivity index is 2.44. The van der Waals surface area contributed by atoms with Crippen LogP contribution in [0.5, 0.6) is 5.75 Å². The number of para-hydroxylation sites is 1. The first-order chi connectivity index (χ1) is 7.48. The van der Waals surface area contributed by atoms with Crippen LogP contribution in [-0.2, 0) is 6.18 Å². The number of phenols is 1. The first-order valence-electron chi connectivity index (χ1n) is 4.31. The van der Waals surface area contributed by atoms with Crippen molar-refractivity contribution in [1.29, 1.82) is 0 Å². The molecule has 84 valence electrons. The molecule has 1 heterocycles. The maximum Gasteiger partial charge on any atom is 0.452 e. The molecule has 0 spiro atoms. The second-order valence-electron chi connectivity index (χ2n) is 3.09. The predicted octanol–water partition coefficient (Wildman–Crippen LogP) is 3.07. The van der Waals surface area contributed by atoms with E-state index in [1.54, 1.807) is 12.1 Å². The van der Waals surface area contributed by atoms with Crippen LogP contribution in [0.3, 0.4) is 0 Å². The van der Waals surface area contributed by atoms with E-state index < -0.39 is 11.9 Å². The molecule has 0 amide bonds. The molecule has 1 N–H and O–H groups in total. The van der Waals surface area contributed by atoms with Crippen LogP contribution in [0, 0.1) is 0 Å². The van der Waals surface area contributed by atoms with E-state index in [0.717, 1.165) is 6.07 Å². The molecule has 0 saturated heterocycles. The van der Waals surface area contributed by atoms with E-state index in [4.69, 9.17) is 0 Å². The summed E-state index contributed by atoms with van der Waals surface area (Å²) < 4.78 is 40.8. The Morgan fingerprint density at radius 1 is 1.19 bits per heavy atom. The highest BCUT2D eigenvalue weighted by molar-refractivity contribution is 5.66. The van der Waals surface area contributed by atoms with Gasteiger partial charge in [-0.2, -0.15) is 13.2 Å². The Hall–Kier alpha value is -1.98. The van der Waals surface area contributed by atoms with Gasteiger partial charge in [0.1, 0.15) is 11.4 Å². The Morgan fingerprint density at radius 2 is 1.88 bits per heavy atom. The lowest BCUT2D eigenvalue weighted by Crippen LogP contribution is -2.02. The van der Waals surface area contributed by atoms with Crippen molar-refractivity contribution in [3.05, 3.63) is 36.1 Å². The molecule has 3 nitrogen and oxygen atoms in total. The van der Waals surface area contributed by atoms with Crippen molar-refractivity contribution in [2.45, 2.75) is 6.18 Å². The molecule has 0 unspecified atom stereocenters. The van der Waals surface area contributed by atoms with Crippen LogP contribution in [0.1, 0.15) is 5.76 Å². The summed E-state index contributed by atoms with van der Waals surface area (Å²) in [4.78, 5) is 0. The summed E-state index contributed by atoms with van der Waals surface area (Å²) in [5, 5.41) is 12.7. The quantitative estimate of drug-likeness (QED) is 0.817. The highest BCUT2D eigenvalue weighted by atomic mass is 19.4. The largest absolute Gasteiger partial charge is 0.507 e. The topological polar surface area (TPSA) is 46.3 Å². The van der Waals surface area contributed by atoms with Gasteiger partial charge in [0.25, 0.3) is 0 Å². The van der Waals surface area contributed by atoms with Crippen LogP contribution >= 0.6 is 0 Å². The Morgan fingerprint density at radius 3 is 2.44 bits per heavy atom. The molecule has 16 heavy (non-hydrogen) atoms. The molecule has 0 radical (unpaired) electrons. The van der Waals surface area contributed by atoms with Crippen LogP contribution < -0.4 is 0 Å². The molecule has 2 rings (SSSR count). The van der Waals surface area contributed by atoms with Gasteiger partial charge in [0.15, 0.2) is 0 Å². The third kappa shape index (κ3) is 1.86. The minimum Gasteiger partial charge on any atom is -0.507 e. The lowest BCUT2D eigenvalue weighted by atomic mass is 10.1. The van der Waals surface area contributed by atoms with Crippen LogP contribution in [-0.4, -0.2) is 10.3 Å². The molecule has 2 aromatic rings. The maximum atomic E-state index is 12.2. The van der Waals surface area contributed by atoms with Crippen molar-refractivity contribution in [3.8, 4) is 17.0 Å². The van der Waals surface area contributed by atoms with Crippen LogP contribution in [0.4, 0.5) is 13.2 Å². The van der Waals surface area contributed by atoms with Gasteiger partial charge in [-0.15, -0.1) is 0 Å². The number of halogens is 3. The summed E-state index contributed by atoms with van der Waals surface area (Å²) in [5.41, 5.74) is 0.146. The van der Waals surface area contributed by atoms with Gasteiger partial charge >= 0.3 is 6.18 Å². The van der Waals surface area contributed by atoms with Crippen LogP contribution in [0.15, 0.2) is 34.9 Å². The first kappa shape index (κ1) is 10.5. The zero-order valence-corrected chi connectivity index (χ0v) is 7.82. The van der Waals surface area contributed by atoms with Gasteiger partial charge in [-0.1, -0.05) is 17.3 Å². The van der Waals surface area contributed by atoms with E-state index in [-0.39, 0.29) is 17.0 Å². The fraction of sp³-hybridized carbons (Fsp3) is 0.100. The molecule has 0 aliphatic rings. The molecule has 6 heteroatoms. The molecule has 0 atom stereocenters. The van der Waals surface area contributed by atoms with Crippen molar-refractivity contribution in [2.24, 2.45) is 0 Å². The molecule has 1 aromatic carbocycles. The molecule has 0 aliphatic heterocycles. The van der Waals surface area contributed by atoms with Crippen LogP contribution in [0.25, 0.3) is 11.3 Å². The lowest BCUT2D eigenvalue weighted by Gasteiger charge is -1.98. The van der Waals surface area contributed by atoms with Crippen molar-refractivity contribution in [3.63, 3.8) is 0 Å². The molecule has 0 bridgehead atoms. The predicted molar refractivity (Wildman–Crippen MR) is 48.6 cm³/mol. The first-order valence-corrected chi connectivity index (χ1v) is 4.31. The SMILES string of the molecule is Oc1ccccc1-c1cc(C(F)(F)F)on1. The number of hydrogen-bond donors (Lipinski definition) is 1. The molecule has 0 saturated carbocycles. The maximum absolute atomic E-state index is 12.2. The number of phenolic OH excluding ortho intramolecular Hbond substituents is 1. The summed E-state index contributed by atoms with van der Waals surface area (Å²) in [5.74, 6) is -1.34. The molecule has 0 fully saturated rings. The van der Waals surface area contributed by atoms with Gasteiger partial charge in [-0.3, -0.25) is 0 Å². The number of nitrogens with zero attached hydrogens (tertiary/aromatic N) is 1. The second kappa shape index (κ2) is 3.55. The minimum absolute atomic E-state index is 0.0505. The minimum atomic E-state index is -4.57. The number of alkyl halides is 3. The second-order valence-corrected chi connectivity index (χ2v) is 3.09. The van der Waals surface area contributed by atoms with E-state index in [9.17, 15) is 18.3 Å². The highest BCUT2D eigenvalue weighted by Gasteiger charge is 2.36. The number of benzene rings is 1. The number of aromatic nitrogens is 1.